The van der Waals surface area contributed by atoms with Gasteiger partial charge in [-0.25, -0.2) is 9.97 Å². The van der Waals surface area contributed by atoms with Crippen LogP contribution in [0.4, 0.5) is 5.69 Å². The summed E-state index contributed by atoms with van der Waals surface area (Å²) in [5.74, 6) is 0.276. The number of anilines is 1. The average molecular weight is 699 g/mol. The van der Waals surface area contributed by atoms with Crippen LogP contribution in [0.2, 0.25) is 5.02 Å². The van der Waals surface area contributed by atoms with Gasteiger partial charge in [0.2, 0.25) is 11.7 Å². The fourth-order valence-corrected chi connectivity index (χ4v) is 8.18. The fraction of sp³-hybridized carbons (Fsp3) is 0.472. The molecule has 3 unspecified atom stereocenters. The molecule has 8 rings (SSSR count). The van der Waals surface area contributed by atoms with Gasteiger partial charge in [-0.2, -0.15) is 9.50 Å². The Kier molecular flexibility index (Phi) is 8.42. The molecule has 0 radical (unpaired) electrons. The number of nitrogens with zero attached hydrogens (tertiary/aromatic N) is 7. The van der Waals surface area contributed by atoms with Crippen LogP contribution in [0.15, 0.2) is 35.4 Å². The number of benzene rings is 1. The predicted molar refractivity (Wildman–Crippen MR) is 185 cm³/mol. The summed E-state index contributed by atoms with van der Waals surface area (Å²) in [6.45, 7) is 4.85. The Labute approximate surface area is 293 Å². The molecule has 0 bridgehead atoms. The normalized spacial score (nSPS) is 21.4. The molecule has 0 saturated heterocycles. The molecule has 4 aromatic rings. The summed E-state index contributed by atoms with van der Waals surface area (Å²) >= 11 is 6.60. The molecule has 2 fully saturated rings. The first-order valence-electron chi connectivity index (χ1n) is 17.4. The van der Waals surface area contributed by atoms with E-state index in [4.69, 9.17) is 26.4 Å². The molecule has 3 atom stereocenters. The van der Waals surface area contributed by atoms with Crippen LogP contribution in [0, 0.1) is 12.8 Å². The molecule has 0 spiro atoms. The molecule has 2 saturated carbocycles. The molecular formula is C36H39ClN8O5. The molecule has 1 aromatic carbocycles. The first kappa shape index (κ1) is 32.6. The van der Waals surface area contributed by atoms with E-state index in [1.807, 2.05) is 35.8 Å². The van der Waals surface area contributed by atoms with Crippen molar-refractivity contribution < 1.29 is 19.4 Å². The number of rotatable bonds is 9. The number of carbonyl (C=O) groups excluding carboxylic acids is 2. The molecule has 1 aliphatic heterocycles. The van der Waals surface area contributed by atoms with Gasteiger partial charge < -0.3 is 24.6 Å². The Morgan fingerprint density at radius 2 is 1.98 bits per heavy atom. The number of nitrogens with one attached hydrogen (secondary N) is 1. The number of ether oxygens (including phenoxy) is 1. The summed E-state index contributed by atoms with van der Waals surface area (Å²) < 4.78 is 8.65. The van der Waals surface area contributed by atoms with Crippen LogP contribution in [0.5, 0.6) is 5.75 Å². The van der Waals surface area contributed by atoms with Crippen LogP contribution >= 0.6 is 11.6 Å². The van der Waals surface area contributed by atoms with Crippen molar-refractivity contribution in [1.82, 2.24) is 34.0 Å². The van der Waals surface area contributed by atoms with E-state index < -0.39 is 0 Å². The fourth-order valence-electron chi connectivity index (χ4n) is 7.95. The van der Waals surface area contributed by atoms with E-state index in [2.05, 4.69) is 15.3 Å². The number of carbonyl (C=O) groups is 2. The Morgan fingerprint density at radius 3 is 2.68 bits per heavy atom. The van der Waals surface area contributed by atoms with Gasteiger partial charge in [0.05, 0.1) is 29.6 Å². The van der Waals surface area contributed by atoms with E-state index in [0.717, 1.165) is 37.0 Å². The minimum atomic E-state index is -0.359. The topological polar surface area (TPSA) is 157 Å². The summed E-state index contributed by atoms with van der Waals surface area (Å²) in [7, 11) is 0. The molecule has 4 aliphatic rings. The SMILES string of the molecule is CCN(C(=O)c1ncnc(C)c1O)C1CCC1C1CCc2c1c(=O)n1nc(C3=CCOCC3)nc1n2CC(=O)Nc1ccc(C2CC2)cc1Cl. The van der Waals surface area contributed by atoms with Gasteiger partial charge in [-0.3, -0.25) is 14.4 Å². The minimum absolute atomic E-state index is 0.00244. The van der Waals surface area contributed by atoms with E-state index in [0.29, 0.717) is 78.5 Å². The van der Waals surface area contributed by atoms with Crippen molar-refractivity contribution in [1.29, 1.82) is 0 Å². The Morgan fingerprint density at radius 1 is 1.14 bits per heavy atom. The van der Waals surface area contributed by atoms with Gasteiger partial charge in [0, 0.05) is 23.8 Å². The zero-order valence-corrected chi connectivity index (χ0v) is 28.8. The first-order valence-corrected chi connectivity index (χ1v) is 17.8. The number of fused-ring (bicyclic) bond motifs is 2. The van der Waals surface area contributed by atoms with E-state index in [1.54, 1.807) is 11.8 Å². The quantitative estimate of drug-likeness (QED) is 0.254. The number of aromatic nitrogens is 6. The molecule has 2 amide bonds. The molecule has 50 heavy (non-hydrogen) atoms. The van der Waals surface area contributed by atoms with Gasteiger partial charge in [-0.05, 0) is 99.8 Å². The van der Waals surface area contributed by atoms with Crippen molar-refractivity contribution in [2.45, 2.75) is 83.2 Å². The number of hydrogen-bond donors (Lipinski definition) is 2. The Hall–Kier alpha value is -4.62. The summed E-state index contributed by atoms with van der Waals surface area (Å²) in [5, 5.41) is 18.8. The van der Waals surface area contributed by atoms with Crippen molar-refractivity contribution in [3.8, 4) is 5.75 Å². The van der Waals surface area contributed by atoms with Crippen molar-refractivity contribution in [3.05, 3.63) is 80.0 Å². The molecule has 260 valence electrons. The van der Waals surface area contributed by atoms with Gasteiger partial charge >= 0.3 is 0 Å². The highest BCUT2D eigenvalue weighted by Crippen LogP contribution is 2.48. The maximum absolute atomic E-state index is 14.4. The number of hydrogen-bond acceptors (Lipinski definition) is 9. The van der Waals surface area contributed by atoms with E-state index in [-0.39, 0.29) is 53.2 Å². The summed E-state index contributed by atoms with van der Waals surface area (Å²) in [6, 6.07) is 5.64. The molecule has 2 N–H and O–H groups in total. The van der Waals surface area contributed by atoms with Crippen LogP contribution in [0.3, 0.4) is 0 Å². The molecule has 3 aliphatic carbocycles. The highest BCUT2D eigenvalue weighted by molar-refractivity contribution is 6.33. The van der Waals surface area contributed by atoms with Crippen molar-refractivity contribution in [3.63, 3.8) is 0 Å². The number of aromatic hydroxyl groups is 1. The van der Waals surface area contributed by atoms with E-state index >= 15 is 0 Å². The van der Waals surface area contributed by atoms with E-state index in [9.17, 15) is 19.5 Å². The van der Waals surface area contributed by atoms with Crippen molar-refractivity contribution in [2.24, 2.45) is 5.92 Å². The van der Waals surface area contributed by atoms with Crippen LogP contribution < -0.4 is 10.9 Å². The first-order chi connectivity index (χ1) is 24.2. The van der Waals surface area contributed by atoms with Gasteiger partial charge in [-0.15, -0.1) is 5.10 Å². The van der Waals surface area contributed by atoms with Gasteiger partial charge in [0.25, 0.3) is 11.5 Å². The summed E-state index contributed by atoms with van der Waals surface area (Å²) in [6.07, 6.45) is 8.99. The minimum Gasteiger partial charge on any atom is -0.504 e. The summed E-state index contributed by atoms with van der Waals surface area (Å²) in [5.41, 5.74) is 4.07. The largest absolute Gasteiger partial charge is 0.504 e. The lowest BCUT2D eigenvalue weighted by atomic mass is 9.69. The zero-order chi connectivity index (χ0) is 34.7. The zero-order valence-electron chi connectivity index (χ0n) is 28.1. The molecule has 13 nitrogen and oxygen atoms in total. The lowest BCUT2D eigenvalue weighted by Gasteiger charge is -2.46. The van der Waals surface area contributed by atoms with Crippen molar-refractivity contribution in [2.75, 3.05) is 25.1 Å². The lowest BCUT2D eigenvalue weighted by Crippen LogP contribution is -2.52. The second-order valence-corrected chi connectivity index (χ2v) is 14.1. The molecular weight excluding hydrogens is 660 g/mol. The molecule has 14 heteroatoms. The highest BCUT2D eigenvalue weighted by atomic mass is 35.5. The third-order valence-electron chi connectivity index (χ3n) is 10.8. The number of halogens is 1. The van der Waals surface area contributed by atoms with Gasteiger partial charge in [0.15, 0.2) is 17.3 Å². The van der Waals surface area contributed by atoms with Crippen LogP contribution in [-0.4, -0.2) is 76.8 Å². The highest BCUT2D eigenvalue weighted by Gasteiger charge is 2.47. The van der Waals surface area contributed by atoms with Crippen LogP contribution in [0.25, 0.3) is 11.4 Å². The summed E-state index contributed by atoms with van der Waals surface area (Å²) in [4.78, 5) is 56.4. The second-order valence-electron chi connectivity index (χ2n) is 13.7. The standard InChI is InChI=1S/C36H39ClN8O5/c1-3-43(35(49)31-32(47)19(2)38-18-39-31)27-10-7-23(27)24-8-11-28-30(24)34(48)45-36(41-33(42-45)21-12-14-50-15-13-21)44(28)17-29(46)40-26-9-6-22(16-25(26)37)20-4-5-20/h6,9,12,16,18,20,23-24,27,47H,3-5,7-8,10-11,13-15,17H2,1-2H3,(H,40,46). The predicted octanol–water partition coefficient (Wildman–Crippen LogP) is 4.64. The maximum Gasteiger partial charge on any atom is 0.279 e. The number of amides is 2. The van der Waals surface area contributed by atoms with Crippen LogP contribution in [-0.2, 0) is 22.5 Å². The third-order valence-corrected chi connectivity index (χ3v) is 11.2. The van der Waals surface area contributed by atoms with Gasteiger partial charge in [0.1, 0.15) is 12.9 Å². The second kappa shape index (κ2) is 12.9. The Bertz CT molecular complexity index is 2120. The molecule has 4 heterocycles. The average Bonchev–Trinajstić information content (AvgIpc) is 3.71. The van der Waals surface area contributed by atoms with Crippen molar-refractivity contribution >= 4 is 40.5 Å². The maximum atomic E-state index is 14.4. The van der Waals surface area contributed by atoms with E-state index in [1.165, 1.54) is 16.4 Å². The number of aryl methyl sites for hydroxylation is 1. The molecule has 3 aromatic heterocycles. The van der Waals surface area contributed by atoms with Gasteiger partial charge in [-0.1, -0.05) is 23.7 Å². The Balaban J connectivity index is 1.14. The monoisotopic (exact) mass is 698 g/mol. The smallest absolute Gasteiger partial charge is 0.279 e. The van der Waals surface area contributed by atoms with Crippen LogP contribution in [0.1, 0.15) is 96.1 Å². The lowest BCUT2D eigenvalue weighted by molar-refractivity contribution is -0.116. The third kappa shape index (κ3) is 5.65.